The molecule has 0 fully saturated rings. The number of hydrogen-bond donors (Lipinski definition) is 1. The number of aryl methyl sites for hydroxylation is 1. The summed E-state index contributed by atoms with van der Waals surface area (Å²) in [6.45, 7) is 2.95. The molecule has 0 atom stereocenters. The summed E-state index contributed by atoms with van der Waals surface area (Å²) in [7, 11) is -0.345. The van der Waals surface area contributed by atoms with Gasteiger partial charge in [0.2, 0.25) is 5.91 Å². The maximum Gasteiger partial charge on any atom is 0.264 e. The first-order valence-corrected chi connectivity index (χ1v) is 11.7. The normalized spacial score (nSPS) is 11.5. The van der Waals surface area contributed by atoms with Gasteiger partial charge in [-0.05, 0) is 61.3 Å². The minimum Gasteiger partial charge on any atom is -0.325 e. The Kier molecular flexibility index (Phi) is 6.91. The quantitative estimate of drug-likeness (QED) is 0.572. The molecule has 0 unspecified atom stereocenters. The van der Waals surface area contributed by atoms with Gasteiger partial charge in [-0.3, -0.25) is 14.0 Å². The molecule has 158 valence electrons. The first-order chi connectivity index (χ1) is 14.3. The van der Waals surface area contributed by atoms with Crippen LogP contribution >= 0.6 is 11.3 Å². The van der Waals surface area contributed by atoms with Gasteiger partial charge < -0.3 is 5.32 Å². The number of sulfonamides is 1. The number of amides is 1. The summed E-state index contributed by atoms with van der Waals surface area (Å²) in [5.74, 6) is -0.197. The van der Waals surface area contributed by atoms with Crippen molar-refractivity contribution in [3.8, 4) is 0 Å². The van der Waals surface area contributed by atoms with Crippen molar-refractivity contribution in [3.05, 3.63) is 76.5 Å². The molecule has 1 amide bonds. The molecule has 0 saturated heterocycles. The maximum atomic E-state index is 13.0. The molecular weight excluding hydrogens is 418 g/mol. The van der Waals surface area contributed by atoms with Gasteiger partial charge in [0, 0.05) is 24.2 Å². The van der Waals surface area contributed by atoms with Gasteiger partial charge in [-0.1, -0.05) is 24.3 Å². The number of nitrogens with zero attached hydrogens (tertiary/aromatic N) is 2. The predicted molar refractivity (Wildman–Crippen MR) is 122 cm³/mol. The highest BCUT2D eigenvalue weighted by atomic mass is 32.2. The van der Waals surface area contributed by atoms with Crippen molar-refractivity contribution < 1.29 is 13.2 Å². The molecule has 0 aliphatic rings. The largest absolute Gasteiger partial charge is 0.325 e. The summed E-state index contributed by atoms with van der Waals surface area (Å²) in [5.41, 5.74) is 2.23. The third-order valence-electron chi connectivity index (χ3n) is 4.69. The van der Waals surface area contributed by atoms with Crippen molar-refractivity contribution in [2.75, 3.05) is 30.3 Å². The van der Waals surface area contributed by atoms with Crippen molar-refractivity contribution in [1.82, 2.24) is 4.90 Å². The van der Waals surface area contributed by atoms with Gasteiger partial charge in [-0.2, -0.15) is 0 Å². The number of carbonyl (C=O) groups is 1. The molecule has 30 heavy (non-hydrogen) atoms. The summed E-state index contributed by atoms with van der Waals surface area (Å²) < 4.78 is 27.2. The fourth-order valence-corrected chi connectivity index (χ4v) is 5.21. The maximum absolute atomic E-state index is 13.0. The SMILES string of the molecule is Cc1ccsc1CN(C)CC(=O)Nc1cccc(S(=O)(=O)N(C)c2ccccc2)c1. The number of thiophene rings is 1. The molecule has 0 aliphatic carbocycles. The number of hydrogen-bond acceptors (Lipinski definition) is 5. The van der Waals surface area contributed by atoms with Gasteiger partial charge in [0.15, 0.2) is 0 Å². The van der Waals surface area contributed by atoms with E-state index in [9.17, 15) is 13.2 Å². The lowest BCUT2D eigenvalue weighted by Crippen LogP contribution is -2.30. The number of benzene rings is 2. The standard InChI is InChI=1S/C22H25N3O3S2/c1-17-12-13-29-21(17)15-24(2)16-22(26)23-18-8-7-11-20(14-18)30(27,28)25(3)19-9-5-4-6-10-19/h4-14H,15-16H2,1-3H3,(H,23,26). The van der Waals surface area contributed by atoms with Crippen LogP contribution in [0.15, 0.2) is 70.9 Å². The van der Waals surface area contributed by atoms with Gasteiger partial charge >= 0.3 is 0 Å². The van der Waals surface area contributed by atoms with E-state index in [1.54, 1.807) is 47.7 Å². The molecule has 0 spiro atoms. The molecule has 6 nitrogen and oxygen atoms in total. The van der Waals surface area contributed by atoms with Crippen molar-refractivity contribution in [2.45, 2.75) is 18.4 Å². The topological polar surface area (TPSA) is 69.7 Å². The Bertz CT molecular complexity index is 1110. The molecule has 0 aliphatic heterocycles. The Labute approximate surface area is 181 Å². The van der Waals surface area contributed by atoms with Crippen LogP contribution in [0.4, 0.5) is 11.4 Å². The third-order valence-corrected chi connectivity index (χ3v) is 7.48. The Morgan fingerprint density at radius 2 is 1.77 bits per heavy atom. The second-order valence-electron chi connectivity index (χ2n) is 7.08. The van der Waals surface area contributed by atoms with E-state index < -0.39 is 10.0 Å². The van der Waals surface area contributed by atoms with Crippen LogP contribution in [0.3, 0.4) is 0 Å². The van der Waals surface area contributed by atoms with Crippen LogP contribution in [0.25, 0.3) is 0 Å². The molecule has 1 heterocycles. The molecule has 0 saturated carbocycles. The molecule has 3 rings (SSSR count). The highest BCUT2D eigenvalue weighted by Gasteiger charge is 2.21. The van der Waals surface area contributed by atoms with Crippen molar-refractivity contribution in [1.29, 1.82) is 0 Å². The second-order valence-corrected chi connectivity index (χ2v) is 10.1. The summed E-state index contributed by atoms with van der Waals surface area (Å²) >= 11 is 1.67. The van der Waals surface area contributed by atoms with Crippen LogP contribution in [-0.2, 0) is 21.4 Å². The van der Waals surface area contributed by atoms with E-state index in [0.29, 0.717) is 17.9 Å². The van der Waals surface area contributed by atoms with Crippen molar-refractivity contribution in [2.24, 2.45) is 0 Å². The summed E-state index contributed by atoms with van der Waals surface area (Å²) in [6.07, 6.45) is 0. The highest BCUT2D eigenvalue weighted by molar-refractivity contribution is 7.92. The number of rotatable bonds is 8. The lowest BCUT2D eigenvalue weighted by Gasteiger charge is -2.20. The van der Waals surface area contributed by atoms with Crippen LogP contribution in [0, 0.1) is 6.92 Å². The third kappa shape index (κ3) is 5.27. The Morgan fingerprint density at radius 1 is 1.03 bits per heavy atom. The lowest BCUT2D eigenvalue weighted by molar-refractivity contribution is -0.117. The zero-order valence-corrected chi connectivity index (χ0v) is 18.8. The monoisotopic (exact) mass is 443 g/mol. The average Bonchev–Trinajstić information content (AvgIpc) is 3.12. The first-order valence-electron chi connectivity index (χ1n) is 9.43. The van der Waals surface area contributed by atoms with E-state index in [4.69, 9.17) is 0 Å². The van der Waals surface area contributed by atoms with Crippen molar-refractivity contribution in [3.63, 3.8) is 0 Å². The van der Waals surface area contributed by atoms with Crippen LogP contribution in [-0.4, -0.2) is 39.9 Å². The molecule has 0 bridgehead atoms. The number of carbonyl (C=O) groups excluding carboxylic acids is 1. The minimum atomic E-state index is -3.74. The van der Waals surface area contributed by atoms with Gasteiger partial charge in [0.1, 0.15) is 0 Å². The summed E-state index contributed by atoms with van der Waals surface area (Å²) in [6, 6.07) is 17.2. The summed E-state index contributed by atoms with van der Waals surface area (Å²) in [4.78, 5) is 15.7. The molecule has 8 heteroatoms. The summed E-state index contributed by atoms with van der Waals surface area (Å²) in [5, 5.41) is 4.84. The van der Waals surface area contributed by atoms with Crippen LogP contribution in [0.5, 0.6) is 0 Å². The molecule has 0 radical (unpaired) electrons. The smallest absolute Gasteiger partial charge is 0.264 e. The van der Waals surface area contributed by atoms with E-state index in [2.05, 4.69) is 18.3 Å². The van der Waals surface area contributed by atoms with Crippen LogP contribution in [0.1, 0.15) is 10.4 Å². The van der Waals surface area contributed by atoms with Gasteiger partial charge in [-0.15, -0.1) is 11.3 Å². The van der Waals surface area contributed by atoms with Crippen LogP contribution in [0.2, 0.25) is 0 Å². The molecule has 3 aromatic rings. The Morgan fingerprint density at radius 3 is 2.43 bits per heavy atom. The number of para-hydroxylation sites is 1. The second kappa shape index (κ2) is 9.42. The zero-order chi connectivity index (χ0) is 21.7. The van der Waals surface area contributed by atoms with Crippen molar-refractivity contribution >= 4 is 38.6 Å². The van der Waals surface area contributed by atoms with Crippen LogP contribution < -0.4 is 9.62 Å². The fraction of sp³-hybridized carbons (Fsp3) is 0.227. The minimum absolute atomic E-state index is 0.120. The van der Waals surface area contributed by atoms with Gasteiger partial charge in [0.25, 0.3) is 10.0 Å². The fourth-order valence-electron chi connectivity index (χ4n) is 2.98. The number of anilines is 2. The molecule has 1 N–H and O–H groups in total. The van der Waals surface area contributed by atoms with Gasteiger partial charge in [0.05, 0.1) is 17.1 Å². The highest BCUT2D eigenvalue weighted by Crippen LogP contribution is 2.24. The Balaban J connectivity index is 1.67. The number of likely N-dealkylation sites (N-methyl/N-ethyl adjacent to an activating group) is 1. The molecule has 1 aromatic heterocycles. The Hall–Kier alpha value is -2.68. The van der Waals surface area contributed by atoms with E-state index in [-0.39, 0.29) is 17.3 Å². The zero-order valence-electron chi connectivity index (χ0n) is 17.2. The lowest BCUT2D eigenvalue weighted by atomic mass is 10.3. The van der Waals surface area contributed by atoms with E-state index >= 15 is 0 Å². The van der Waals surface area contributed by atoms with E-state index in [0.717, 1.165) is 0 Å². The number of nitrogens with one attached hydrogen (secondary N) is 1. The van der Waals surface area contributed by atoms with E-state index in [1.807, 2.05) is 23.4 Å². The molecular formula is C22H25N3O3S2. The van der Waals surface area contributed by atoms with Gasteiger partial charge in [-0.25, -0.2) is 8.42 Å². The predicted octanol–water partition coefficient (Wildman–Crippen LogP) is 3.95. The molecule has 2 aromatic carbocycles. The average molecular weight is 444 g/mol. The van der Waals surface area contributed by atoms with E-state index in [1.165, 1.54) is 33.9 Å². The first kappa shape index (κ1) is 22.0.